The predicted octanol–water partition coefficient (Wildman–Crippen LogP) is 2.19. The van der Waals surface area contributed by atoms with Crippen molar-refractivity contribution in [1.29, 1.82) is 0 Å². The lowest BCUT2D eigenvalue weighted by Crippen LogP contribution is -2.29. The molecule has 0 radical (unpaired) electrons. The summed E-state index contributed by atoms with van der Waals surface area (Å²) in [5, 5.41) is 0. The molecule has 104 valence electrons. The summed E-state index contributed by atoms with van der Waals surface area (Å²) in [6, 6.07) is 5.17. The number of hydrogen-bond acceptors (Lipinski definition) is 3. The van der Waals surface area contributed by atoms with Crippen LogP contribution in [0, 0.1) is 6.92 Å². The lowest BCUT2D eigenvalue weighted by molar-refractivity contribution is 0.571. The van der Waals surface area contributed by atoms with E-state index in [1.54, 1.807) is 19.1 Å². The first-order valence-corrected chi connectivity index (χ1v) is 7.62. The molecule has 18 heavy (non-hydrogen) atoms. The van der Waals surface area contributed by atoms with Crippen molar-refractivity contribution >= 4 is 38.4 Å². The minimum Gasteiger partial charge on any atom is -0.328 e. The van der Waals surface area contributed by atoms with Crippen molar-refractivity contribution < 1.29 is 8.42 Å². The third kappa shape index (κ3) is 5.24. The molecule has 0 aromatic heterocycles. The van der Waals surface area contributed by atoms with Crippen molar-refractivity contribution in [3.05, 3.63) is 28.2 Å². The van der Waals surface area contributed by atoms with Gasteiger partial charge in [-0.2, -0.15) is 0 Å². The third-order valence-corrected chi connectivity index (χ3v) is 4.43. The maximum atomic E-state index is 12.0. The molecular formula is C11H18BrClN2O2S. The van der Waals surface area contributed by atoms with Gasteiger partial charge in [0.15, 0.2) is 0 Å². The van der Waals surface area contributed by atoms with Gasteiger partial charge in [0.25, 0.3) is 0 Å². The Hall–Kier alpha value is -0.140. The number of aryl methyl sites for hydroxylation is 1. The van der Waals surface area contributed by atoms with Crippen LogP contribution in [0.15, 0.2) is 27.6 Å². The molecule has 1 atom stereocenters. The molecule has 4 nitrogen and oxygen atoms in total. The topological polar surface area (TPSA) is 72.2 Å². The number of rotatable bonds is 5. The van der Waals surface area contributed by atoms with E-state index in [9.17, 15) is 8.42 Å². The van der Waals surface area contributed by atoms with Gasteiger partial charge in [0.05, 0.1) is 4.90 Å². The van der Waals surface area contributed by atoms with Crippen LogP contribution >= 0.6 is 28.3 Å². The minimum atomic E-state index is -3.44. The summed E-state index contributed by atoms with van der Waals surface area (Å²) < 4.78 is 27.3. The van der Waals surface area contributed by atoms with Gasteiger partial charge in [0.1, 0.15) is 0 Å². The molecule has 0 aliphatic carbocycles. The molecule has 7 heteroatoms. The Kier molecular flexibility index (Phi) is 7.39. The maximum absolute atomic E-state index is 12.0. The van der Waals surface area contributed by atoms with E-state index in [-0.39, 0.29) is 18.4 Å². The average molecular weight is 358 g/mol. The molecule has 1 aromatic carbocycles. The van der Waals surface area contributed by atoms with Crippen molar-refractivity contribution in [1.82, 2.24) is 4.72 Å². The molecule has 0 bridgehead atoms. The monoisotopic (exact) mass is 356 g/mol. The van der Waals surface area contributed by atoms with Crippen LogP contribution in [0.1, 0.15) is 18.9 Å². The molecule has 0 saturated heterocycles. The Bertz CT molecular complexity index is 492. The normalized spacial score (nSPS) is 12.9. The molecule has 0 heterocycles. The van der Waals surface area contributed by atoms with Crippen LogP contribution in [0.4, 0.5) is 0 Å². The van der Waals surface area contributed by atoms with Crippen molar-refractivity contribution in [3.63, 3.8) is 0 Å². The molecule has 0 amide bonds. The number of benzene rings is 1. The van der Waals surface area contributed by atoms with E-state index in [1.807, 2.05) is 13.0 Å². The molecule has 0 saturated carbocycles. The quantitative estimate of drug-likeness (QED) is 0.848. The first-order chi connectivity index (χ1) is 7.83. The summed E-state index contributed by atoms with van der Waals surface area (Å²) in [6.45, 7) is 3.97. The van der Waals surface area contributed by atoms with E-state index < -0.39 is 10.0 Å². The molecule has 0 aliphatic rings. The Morgan fingerprint density at radius 2 is 2.06 bits per heavy atom. The summed E-state index contributed by atoms with van der Waals surface area (Å²) in [5.74, 6) is 0. The van der Waals surface area contributed by atoms with Gasteiger partial charge in [-0.25, -0.2) is 13.1 Å². The number of nitrogens with one attached hydrogen (secondary N) is 1. The van der Waals surface area contributed by atoms with E-state index in [0.29, 0.717) is 17.9 Å². The zero-order valence-electron chi connectivity index (χ0n) is 10.3. The SMILES string of the molecule is Cc1ccc(Br)cc1S(=O)(=O)NCCC(C)N.Cl. The highest BCUT2D eigenvalue weighted by atomic mass is 79.9. The second-order valence-corrected chi connectivity index (χ2v) is 6.72. The van der Waals surface area contributed by atoms with Crippen molar-refractivity contribution in [2.24, 2.45) is 5.73 Å². The second kappa shape index (κ2) is 7.45. The standard InChI is InChI=1S/C11H17BrN2O2S.ClH/c1-8-3-4-10(12)7-11(8)17(15,16)14-6-5-9(2)13;/h3-4,7,9,14H,5-6,13H2,1-2H3;1H. The van der Waals surface area contributed by atoms with Gasteiger partial charge in [0, 0.05) is 17.1 Å². The molecule has 0 aliphatic heterocycles. The highest BCUT2D eigenvalue weighted by Crippen LogP contribution is 2.20. The van der Waals surface area contributed by atoms with Crippen molar-refractivity contribution in [2.75, 3.05) is 6.54 Å². The molecule has 0 spiro atoms. The highest BCUT2D eigenvalue weighted by Gasteiger charge is 2.16. The molecule has 1 aromatic rings. The summed E-state index contributed by atoms with van der Waals surface area (Å²) in [7, 11) is -3.44. The van der Waals surface area contributed by atoms with Crippen LogP contribution in [0.3, 0.4) is 0 Å². The lowest BCUT2D eigenvalue weighted by atomic mass is 10.2. The zero-order valence-corrected chi connectivity index (χ0v) is 13.5. The first kappa shape index (κ1) is 17.9. The molecule has 3 N–H and O–H groups in total. The van der Waals surface area contributed by atoms with Gasteiger partial charge in [-0.15, -0.1) is 12.4 Å². The van der Waals surface area contributed by atoms with Crippen LogP contribution < -0.4 is 10.5 Å². The van der Waals surface area contributed by atoms with E-state index in [1.165, 1.54) is 0 Å². The Labute approximate surface area is 123 Å². The van der Waals surface area contributed by atoms with E-state index in [0.717, 1.165) is 10.0 Å². The van der Waals surface area contributed by atoms with Gasteiger partial charge >= 0.3 is 0 Å². The van der Waals surface area contributed by atoms with Crippen LogP contribution in [0.2, 0.25) is 0 Å². The van der Waals surface area contributed by atoms with Crippen molar-refractivity contribution in [3.8, 4) is 0 Å². The van der Waals surface area contributed by atoms with Crippen LogP contribution in [0.5, 0.6) is 0 Å². The number of nitrogens with two attached hydrogens (primary N) is 1. The smallest absolute Gasteiger partial charge is 0.240 e. The van der Waals surface area contributed by atoms with E-state index in [4.69, 9.17) is 5.73 Å². The summed E-state index contributed by atoms with van der Waals surface area (Å²) in [5.41, 5.74) is 6.30. The number of halogens is 2. The van der Waals surface area contributed by atoms with Gasteiger partial charge in [-0.05, 0) is 38.0 Å². The Morgan fingerprint density at radius 3 is 2.61 bits per heavy atom. The number of sulfonamides is 1. The average Bonchev–Trinajstić information content (AvgIpc) is 2.20. The number of hydrogen-bond donors (Lipinski definition) is 2. The maximum Gasteiger partial charge on any atom is 0.240 e. The van der Waals surface area contributed by atoms with Gasteiger partial charge < -0.3 is 5.73 Å². The third-order valence-electron chi connectivity index (χ3n) is 2.33. The van der Waals surface area contributed by atoms with Gasteiger partial charge in [-0.3, -0.25) is 0 Å². The first-order valence-electron chi connectivity index (χ1n) is 5.34. The summed E-state index contributed by atoms with van der Waals surface area (Å²) in [6.07, 6.45) is 0.617. The molecule has 1 rings (SSSR count). The fourth-order valence-corrected chi connectivity index (χ4v) is 3.19. The van der Waals surface area contributed by atoms with Crippen LogP contribution in [-0.2, 0) is 10.0 Å². The minimum absolute atomic E-state index is 0. The molecule has 0 fully saturated rings. The van der Waals surface area contributed by atoms with Crippen LogP contribution in [0.25, 0.3) is 0 Å². The zero-order chi connectivity index (χ0) is 13.1. The molecule has 1 unspecified atom stereocenters. The fraction of sp³-hybridized carbons (Fsp3) is 0.455. The fourth-order valence-electron chi connectivity index (χ4n) is 1.36. The predicted molar refractivity (Wildman–Crippen MR) is 79.6 cm³/mol. The molecular weight excluding hydrogens is 340 g/mol. The van der Waals surface area contributed by atoms with E-state index in [2.05, 4.69) is 20.7 Å². The highest BCUT2D eigenvalue weighted by molar-refractivity contribution is 9.10. The Balaban J connectivity index is 0.00000289. The summed E-state index contributed by atoms with van der Waals surface area (Å²) >= 11 is 3.27. The lowest BCUT2D eigenvalue weighted by Gasteiger charge is -2.10. The second-order valence-electron chi connectivity index (χ2n) is 4.07. The summed E-state index contributed by atoms with van der Waals surface area (Å²) in [4.78, 5) is 0.302. The largest absolute Gasteiger partial charge is 0.328 e. The van der Waals surface area contributed by atoms with Gasteiger partial charge in [-0.1, -0.05) is 22.0 Å². The van der Waals surface area contributed by atoms with Crippen LogP contribution in [-0.4, -0.2) is 21.0 Å². The van der Waals surface area contributed by atoms with E-state index >= 15 is 0 Å². The van der Waals surface area contributed by atoms with Gasteiger partial charge in [0.2, 0.25) is 10.0 Å². The Morgan fingerprint density at radius 1 is 1.44 bits per heavy atom. The van der Waals surface area contributed by atoms with Crippen molar-refractivity contribution in [2.45, 2.75) is 31.2 Å².